The number of oxazole rings is 1. The maximum Gasteiger partial charge on any atom is 0.328 e. The van der Waals surface area contributed by atoms with Gasteiger partial charge in [-0.1, -0.05) is 0 Å². The number of carbonyl (C=O) groups excluding carboxylic acids is 1. The average molecular weight is 248 g/mol. The molecule has 1 amide bonds. The lowest BCUT2D eigenvalue weighted by Crippen LogP contribution is -2.49. The molecule has 6 heteroatoms. The zero-order chi connectivity index (χ0) is 13.3. The highest BCUT2D eigenvalue weighted by atomic mass is 16.4. The zero-order valence-corrected chi connectivity index (χ0v) is 9.93. The fraction of sp³-hybridized carbons (Fsp3) is 0.250. The minimum atomic E-state index is -1.32. The van der Waals surface area contributed by atoms with Crippen molar-refractivity contribution in [3.63, 3.8) is 0 Å². The summed E-state index contributed by atoms with van der Waals surface area (Å²) >= 11 is 0. The van der Waals surface area contributed by atoms with Gasteiger partial charge in [0.1, 0.15) is 11.1 Å². The number of benzene rings is 1. The van der Waals surface area contributed by atoms with Crippen LogP contribution in [-0.4, -0.2) is 27.5 Å². The van der Waals surface area contributed by atoms with Crippen molar-refractivity contribution in [2.45, 2.75) is 19.4 Å². The second kappa shape index (κ2) is 4.14. The molecule has 0 aliphatic carbocycles. The number of nitrogens with zero attached hydrogens (tertiary/aromatic N) is 1. The number of carboxylic acid groups (broad SMARTS) is 1. The Morgan fingerprint density at radius 3 is 2.78 bits per heavy atom. The molecule has 6 nitrogen and oxygen atoms in total. The fourth-order valence-corrected chi connectivity index (χ4v) is 1.41. The Morgan fingerprint density at radius 2 is 2.11 bits per heavy atom. The van der Waals surface area contributed by atoms with Crippen LogP contribution in [0.1, 0.15) is 24.2 Å². The molecule has 0 spiro atoms. The number of amides is 1. The SMILES string of the molecule is CC(C)(NC(=O)c1ccc2ocnc2c1)C(=O)O. The van der Waals surface area contributed by atoms with E-state index in [-0.39, 0.29) is 0 Å². The van der Waals surface area contributed by atoms with E-state index in [0.29, 0.717) is 16.7 Å². The Morgan fingerprint density at radius 1 is 1.39 bits per heavy atom. The highest BCUT2D eigenvalue weighted by Crippen LogP contribution is 2.15. The van der Waals surface area contributed by atoms with Crippen LogP contribution in [0.25, 0.3) is 11.1 Å². The Balaban J connectivity index is 2.25. The third kappa shape index (κ3) is 2.17. The van der Waals surface area contributed by atoms with E-state index in [4.69, 9.17) is 9.52 Å². The third-order valence-corrected chi connectivity index (χ3v) is 2.55. The lowest BCUT2D eigenvalue weighted by atomic mass is 10.1. The average Bonchev–Trinajstić information content (AvgIpc) is 2.74. The van der Waals surface area contributed by atoms with Crippen LogP contribution in [0.5, 0.6) is 0 Å². The molecule has 0 aliphatic heterocycles. The van der Waals surface area contributed by atoms with Gasteiger partial charge in [-0.15, -0.1) is 0 Å². The van der Waals surface area contributed by atoms with Crippen LogP contribution in [-0.2, 0) is 4.79 Å². The summed E-state index contributed by atoms with van der Waals surface area (Å²) in [4.78, 5) is 26.7. The minimum Gasteiger partial charge on any atom is -0.480 e. The van der Waals surface area contributed by atoms with Crippen LogP contribution in [0.4, 0.5) is 0 Å². The molecular formula is C12H12N2O4. The van der Waals surface area contributed by atoms with E-state index in [1.165, 1.54) is 20.2 Å². The molecule has 0 unspecified atom stereocenters. The summed E-state index contributed by atoms with van der Waals surface area (Å²) in [6.07, 6.45) is 1.29. The molecule has 0 fully saturated rings. The van der Waals surface area contributed by atoms with Crippen LogP contribution in [0.3, 0.4) is 0 Å². The van der Waals surface area contributed by atoms with Crippen LogP contribution in [0, 0.1) is 0 Å². The number of nitrogens with one attached hydrogen (secondary N) is 1. The van der Waals surface area contributed by atoms with Gasteiger partial charge in [-0.3, -0.25) is 4.79 Å². The van der Waals surface area contributed by atoms with Gasteiger partial charge in [0.05, 0.1) is 0 Å². The normalized spacial score (nSPS) is 11.4. The van der Waals surface area contributed by atoms with Crippen molar-refractivity contribution in [2.24, 2.45) is 0 Å². The number of fused-ring (bicyclic) bond motifs is 1. The zero-order valence-electron chi connectivity index (χ0n) is 9.93. The van der Waals surface area contributed by atoms with E-state index in [9.17, 15) is 9.59 Å². The van der Waals surface area contributed by atoms with Gasteiger partial charge in [-0.05, 0) is 32.0 Å². The Bertz CT molecular complexity index is 615. The van der Waals surface area contributed by atoms with Crippen molar-refractivity contribution in [3.05, 3.63) is 30.2 Å². The summed E-state index contributed by atoms with van der Waals surface area (Å²) in [7, 11) is 0. The smallest absolute Gasteiger partial charge is 0.328 e. The molecule has 0 saturated carbocycles. The lowest BCUT2D eigenvalue weighted by Gasteiger charge is -2.20. The predicted molar refractivity (Wildman–Crippen MR) is 63.2 cm³/mol. The summed E-state index contributed by atoms with van der Waals surface area (Å²) in [6, 6.07) is 4.72. The van der Waals surface area contributed by atoms with Gasteiger partial charge in [0.15, 0.2) is 12.0 Å². The number of carbonyl (C=O) groups is 2. The largest absolute Gasteiger partial charge is 0.480 e. The van der Waals surface area contributed by atoms with Gasteiger partial charge < -0.3 is 14.8 Å². The van der Waals surface area contributed by atoms with Gasteiger partial charge in [0.2, 0.25) is 0 Å². The van der Waals surface area contributed by atoms with E-state index in [2.05, 4.69) is 10.3 Å². The Kier molecular flexibility index (Phi) is 2.78. The van der Waals surface area contributed by atoms with Gasteiger partial charge in [0, 0.05) is 5.56 Å². The summed E-state index contributed by atoms with van der Waals surface area (Å²) < 4.78 is 5.05. The van der Waals surface area contributed by atoms with Gasteiger partial charge in [0.25, 0.3) is 5.91 Å². The fourth-order valence-electron chi connectivity index (χ4n) is 1.41. The molecule has 2 rings (SSSR count). The van der Waals surface area contributed by atoms with Crippen molar-refractivity contribution in [2.75, 3.05) is 0 Å². The first kappa shape index (κ1) is 12.1. The molecule has 1 heterocycles. The van der Waals surface area contributed by atoms with Crippen molar-refractivity contribution < 1.29 is 19.1 Å². The highest BCUT2D eigenvalue weighted by molar-refractivity contribution is 5.99. The Hall–Kier alpha value is -2.37. The summed E-state index contributed by atoms with van der Waals surface area (Å²) in [5.74, 6) is -1.56. The maximum absolute atomic E-state index is 11.9. The van der Waals surface area contributed by atoms with Crippen molar-refractivity contribution >= 4 is 23.0 Å². The first-order chi connectivity index (χ1) is 8.40. The molecule has 94 valence electrons. The second-order valence-corrected chi connectivity index (χ2v) is 4.42. The third-order valence-electron chi connectivity index (χ3n) is 2.55. The van der Waals surface area contributed by atoms with E-state index in [1.54, 1.807) is 18.2 Å². The van der Waals surface area contributed by atoms with E-state index in [1.807, 2.05) is 0 Å². The molecule has 1 aromatic carbocycles. The molecule has 0 saturated heterocycles. The van der Waals surface area contributed by atoms with Crippen molar-refractivity contribution in [1.29, 1.82) is 0 Å². The molecular weight excluding hydrogens is 236 g/mol. The number of aromatic nitrogens is 1. The monoisotopic (exact) mass is 248 g/mol. The van der Waals surface area contributed by atoms with Crippen molar-refractivity contribution in [3.8, 4) is 0 Å². The molecule has 2 aromatic rings. The highest BCUT2D eigenvalue weighted by Gasteiger charge is 2.29. The van der Waals surface area contributed by atoms with E-state index < -0.39 is 17.4 Å². The molecule has 0 radical (unpaired) electrons. The number of aliphatic carboxylic acids is 1. The topological polar surface area (TPSA) is 92.4 Å². The molecule has 0 atom stereocenters. The number of carboxylic acids is 1. The molecule has 1 aromatic heterocycles. The van der Waals surface area contributed by atoms with Gasteiger partial charge in [-0.2, -0.15) is 0 Å². The summed E-state index contributed by atoms with van der Waals surface area (Å²) in [5, 5.41) is 11.4. The van der Waals surface area contributed by atoms with Gasteiger partial charge in [-0.25, -0.2) is 9.78 Å². The lowest BCUT2D eigenvalue weighted by molar-refractivity contribution is -0.143. The van der Waals surface area contributed by atoms with E-state index in [0.717, 1.165) is 0 Å². The second-order valence-electron chi connectivity index (χ2n) is 4.42. The molecule has 18 heavy (non-hydrogen) atoms. The molecule has 0 aliphatic rings. The van der Waals surface area contributed by atoms with Crippen LogP contribution < -0.4 is 5.32 Å². The number of hydrogen-bond acceptors (Lipinski definition) is 4. The molecule has 2 N–H and O–H groups in total. The number of hydrogen-bond donors (Lipinski definition) is 2. The molecule has 0 bridgehead atoms. The van der Waals surface area contributed by atoms with Crippen LogP contribution >= 0.6 is 0 Å². The van der Waals surface area contributed by atoms with Gasteiger partial charge >= 0.3 is 5.97 Å². The number of rotatable bonds is 3. The van der Waals surface area contributed by atoms with Crippen LogP contribution in [0.2, 0.25) is 0 Å². The summed E-state index contributed by atoms with van der Waals surface area (Å²) in [6.45, 7) is 2.84. The first-order valence-corrected chi connectivity index (χ1v) is 5.29. The van der Waals surface area contributed by atoms with Crippen molar-refractivity contribution in [1.82, 2.24) is 10.3 Å². The quantitative estimate of drug-likeness (QED) is 0.856. The first-order valence-electron chi connectivity index (χ1n) is 5.29. The maximum atomic E-state index is 11.9. The summed E-state index contributed by atoms with van der Waals surface area (Å²) in [5.41, 5.74) is 0.140. The minimum absolute atomic E-state index is 0.339. The standard InChI is InChI=1S/C12H12N2O4/c1-12(2,11(16)17)14-10(15)7-3-4-9-8(5-7)13-6-18-9/h3-6H,1-2H3,(H,14,15)(H,16,17). The predicted octanol–water partition coefficient (Wildman–Crippen LogP) is 1.42. The van der Waals surface area contributed by atoms with E-state index >= 15 is 0 Å². The van der Waals surface area contributed by atoms with Crippen LogP contribution in [0.15, 0.2) is 29.0 Å². The Labute approximate surface area is 103 Å².